The van der Waals surface area contributed by atoms with E-state index >= 15 is 0 Å². The fourth-order valence-electron chi connectivity index (χ4n) is 9.24. The van der Waals surface area contributed by atoms with Gasteiger partial charge in [-0.15, -0.1) is 0 Å². The van der Waals surface area contributed by atoms with E-state index in [9.17, 15) is 45.0 Å². The van der Waals surface area contributed by atoms with Crippen LogP contribution in [0.1, 0.15) is 35.6 Å². The number of hydrogen-bond acceptors (Lipinski definition) is 16. The van der Waals surface area contributed by atoms with Crippen LogP contribution >= 0.6 is 0 Å². The van der Waals surface area contributed by atoms with Crippen LogP contribution in [-0.4, -0.2) is 159 Å². The van der Waals surface area contributed by atoms with Crippen LogP contribution in [0.3, 0.4) is 0 Å². The number of ether oxygens (including phenoxy) is 5. The number of fused-ring (bicyclic) bond motifs is 5. The number of hydroxylamine groups is 2. The molecule has 18 nitrogen and oxygen atoms in total. The summed E-state index contributed by atoms with van der Waals surface area (Å²) in [5.41, 5.74) is 1.89. The molecule has 1 spiro atoms. The minimum atomic E-state index is -1.63. The molecule has 18 heteroatoms. The molecule has 314 valence electrons. The number of nitrogens with zero attached hydrogens (tertiary/aromatic N) is 1. The van der Waals surface area contributed by atoms with Crippen molar-refractivity contribution in [1.82, 2.24) is 15.7 Å². The molecule has 58 heavy (non-hydrogen) atoms. The highest BCUT2D eigenvalue weighted by Crippen LogP contribution is 2.58. The Bertz CT molecular complexity index is 1870. The summed E-state index contributed by atoms with van der Waals surface area (Å²) in [4.78, 5) is 48.6. The van der Waals surface area contributed by atoms with Gasteiger partial charge in [-0.25, -0.2) is 0 Å². The molecule has 8 rings (SSSR count). The molecule has 2 aliphatic carbocycles. The SMILES string of the molecule is C[C@H](O)[C@@H](NC(=O)[C@@]12C[C@H]3OC(=O)[C@@H]1N(Cc1cccc(C=CCO[C@H]4O[C@H](CO)[C@H](O)[C@H](O)[C@H]4O)c1)O[C@@H]2[C@H]1OC2(Cc4ccccc4C2)O[C@H]13)C(=O)NCCO. The van der Waals surface area contributed by atoms with E-state index in [2.05, 4.69) is 10.6 Å². The first kappa shape index (κ1) is 40.9. The fourth-order valence-corrected chi connectivity index (χ4v) is 9.24. The molecule has 2 bridgehead atoms. The summed E-state index contributed by atoms with van der Waals surface area (Å²) in [7, 11) is 0. The maximum Gasteiger partial charge on any atom is 0.327 e. The predicted molar refractivity (Wildman–Crippen MR) is 196 cm³/mol. The second-order valence-electron chi connectivity index (χ2n) is 15.8. The lowest BCUT2D eigenvalue weighted by Gasteiger charge is -2.49. The quantitative estimate of drug-likeness (QED) is 0.0980. The van der Waals surface area contributed by atoms with Crippen LogP contribution in [-0.2, 0) is 62.3 Å². The van der Waals surface area contributed by atoms with Crippen LogP contribution in [0.15, 0.2) is 54.6 Å². The number of carbonyl (C=O) groups is 3. The Morgan fingerprint density at radius 1 is 1.02 bits per heavy atom. The van der Waals surface area contributed by atoms with Gasteiger partial charge in [-0.3, -0.25) is 19.2 Å². The van der Waals surface area contributed by atoms with E-state index in [0.29, 0.717) is 24.0 Å². The summed E-state index contributed by atoms with van der Waals surface area (Å²) in [5.74, 6) is -3.21. The lowest BCUT2D eigenvalue weighted by atomic mass is 9.62. The van der Waals surface area contributed by atoms with Crippen molar-refractivity contribution in [1.29, 1.82) is 0 Å². The average Bonchev–Trinajstić information content (AvgIpc) is 3.88. The maximum atomic E-state index is 14.8. The Labute approximate surface area is 333 Å². The fraction of sp³-hybridized carbons (Fsp3) is 0.575. The number of aliphatic hydroxyl groups excluding tert-OH is 6. The van der Waals surface area contributed by atoms with Gasteiger partial charge in [0.15, 0.2) is 18.1 Å². The third kappa shape index (κ3) is 7.24. The van der Waals surface area contributed by atoms with Gasteiger partial charge in [0, 0.05) is 25.8 Å². The highest BCUT2D eigenvalue weighted by molar-refractivity contribution is 5.96. The van der Waals surface area contributed by atoms with Crippen molar-refractivity contribution in [2.75, 3.05) is 26.4 Å². The molecule has 13 atom stereocenters. The van der Waals surface area contributed by atoms with Crippen molar-refractivity contribution in [3.8, 4) is 0 Å². The zero-order chi connectivity index (χ0) is 40.9. The van der Waals surface area contributed by atoms with Gasteiger partial charge in [-0.05, 0) is 29.2 Å². The van der Waals surface area contributed by atoms with Crippen LogP contribution in [0.25, 0.3) is 6.08 Å². The smallest absolute Gasteiger partial charge is 0.327 e. The minimum absolute atomic E-state index is 0.00796. The molecule has 4 saturated heterocycles. The number of esters is 1. The lowest BCUT2D eigenvalue weighted by molar-refractivity contribution is -0.298. The number of nitrogens with one attached hydrogen (secondary N) is 2. The number of hydrogen-bond donors (Lipinski definition) is 8. The Morgan fingerprint density at radius 2 is 1.76 bits per heavy atom. The highest BCUT2D eigenvalue weighted by Gasteiger charge is 2.76. The Balaban J connectivity index is 1.04. The van der Waals surface area contributed by atoms with Gasteiger partial charge in [0.2, 0.25) is 11.8 Å². The van der Waals surface area contributed by atoms with Gasteiger partial charge >= 0.3 is 5.97 Å². The van der Waals surface area contributed by atoms with Crippen molar-refractivity contribution >= 4 is 23.9 Å². The molecule has 6 aliphatic rings. The summed E-state index contributed by atoms with van der Waals surface area (Å²) < 4.78 is 30.5. The summed E-state index contributed by atoms with van der Waals surface area (Å²) >= 11 is 0. The lowest BCUT2D eigenvalue weighted by Crippen LogP contribution is -2.71. The standard InChI is InChI=1S/C40H49N3O15/c1-20(46)27(35(50)41-11-12-44)42-38(52)40-17-25-31-32(57-39(56-31)15-23-9-2-3-10-24(23)16-39)34(40)58-43(33(40)36(51)54-25)18-22-7-4-6-21(14-22)8-5-13-53-37-30(49)29(48)28(47)26(19-45)55-37/h2-10,14,20,25-34,37,44-49H,11-13,15-19H2,1H3,(H,41,50)(H,42,52)/t20-,25+,26+,27+,28-,29-,30+,31-,32-,33-,34+,37-,40-/m0/s1. The molecule has 2 aromatic rings. The van der Waals surface area contributed by atoms with E-state index in [1.807, 2.05) is 42.5 Å². The van der Waals surface area contributed by atoms with Crippen molar-refractivity contribution in [3.63, 3.8) is 0 Å². The molecule has 5 fully saturated rings. The van der Waals surface area contributed by atoms with E-state index in [4.69, 9.17) is 28.5 Å². The summed E-state index contributed by atoms with van der Waals surface area (Å²) in [5, 5.41) is 66.3. The van der Waals surface area contributed by atoms with Crippen molar-refractivity contribution in [3.05, 3.63) is 76.9 Å². The third-order valence-corrected chi connectivity index (χ3v) is 12.0. The first-order valence-corrected chi connectivity index (χ1v) is 19.5. The van der Waals surface area contributed by atoms with Gasteiger partial charge < -0.3 is 65.0 Å². The molecule has 2 aromatic carbocycles. The second-order valence-corrected chi connectivity index (χ2v) is 15.8. The van der Waals surface area contributed by atoms with Crippen molar-refractivity contribution in [2.24, 2.45) is 5.41 Å². The molecule has 0 unspecified atom stereocenters. The highest BCUT2D eigenvalue weighted by atomic mass is 16.8. The van der Waals surface area contributed by atoms with E-state index < -0.39 is 109 Å². The molecule has 8 N–H and O–H groups in total. The molecule has 2 amide bonds. The van der Waals surface area contributed by atoms with Crippen molar-refractivity contribution < 1.29 is 73.5 Å². The zero-order valence-corrected chi connectivity index (χ0v) is 31.7. The Kier molecular flexibility index (Phi) is 11.5. The monoisotopic (exact) mass is 811 g/mol. The Hall–Kier alpha value is -3.89. The van der Waals surface area contributed by atoms with Crippen LogP contribution in [0, 0.1) is 5.41 Å². The van der Waals surface area contributed by atoms with Gasteiger partial charge in [0.05, 0.1) is 32.5 Å². The van der Waals surface area contributed by atoms with E-state index in [1.165, 1.54) is 12.0 Å². The number of carbonyl (C=O) groups excluding carboxylic acids is 3. The molecular weight excluding hydrogens is 762 g/mol. The molecule has 1 saturated carbocycles. The third-order valence-electron chi connectivity index (χ3n) is 12.0. The van der Waals surface area contributed by atoms with E-state index in [0.717, 1.165) is 11.1 Å². The van der Waals surface area contributed by atoms with E-state index in [-0.39, 0.29) is 32.7 Å². The Morgan fingerprint density at radius 3 is 2.47 bits per heavy atom. The topological polar surface area (TPSA) is 255 Å². The molecule has 4 heterocycles. The summed E-state index contributed by atoms with van der Waals surface area (Å²) in [6, 6.07) is 12.4. The normalized spacial score (nSPS) is 35.7. The zero-order valence-electron chi connectivity index (χ0n) is 31.7. The van der Waals surface area contributed by atoms with Gasteiger partial charge in [-0.1, -0.05) is 60.7 Å². The first-order valence-electron chi connectivity index (χ1n) is 19.5. The number of aliphatic hydroxyl groups is 6. The first-order chi connectivity index (χ1) is 27.9. The van der Waals surface area contributed by atoms with Crippen molar-refractivity contribution in [2.45, 2.75) is 112 Å². The summed E-state index contributed by atoms with van der Waals surface area (Å²) in [6.45, 7) is 0.284. The van der Waals surface area contributed by atoms with Crippen LogP contribution in [0.4, 0.5) is 0 Å². The predicted octanol–water partition coefficient (Wildman–Crippen LogP) is -2.43. The van der Waals surface area contributed by atoms with Crippen LogP contribution in [0.5, 0.6) is 0 Å². The molecule has 0 radical (unpaired) electrons. The van der Waals surface area contributed by atoms with Gasteiger partial charge in [0.25, 0.3) is 0 Å². The molecular formula is C40H49N3O15. The number of rotatable bonds is 13. The average molecular weight is 812 g/mol. The number of amides is 2. The van der Waals surface area contributed by atoms with Crippen LogP contribution < -0.4 is 10.6 Å². The van der Waals surface area contributed by atoms with Crippen LogP contribution in [0.2, 0.25) is 0 Å². The molecule has 4 aliphatic heterocycles. The molecule has 0 aromatic heterocycles. The minimum Gasteiger partial charge on any atom is -0.458 e. The largest absolute Gasteiger partial charge is 0.458 e. The summed E-state index contributed by atoms with van der Waals surface area (Å²) in [6.07, 6.45) is -7.64. The number of benzene rings is 2. The van der Waals surface area contributed by atoms with E-state index in [1.54, 1.807) is 18.2 Å². The second kappa shape index (κ2) is 16.3. The van der Waals surface area contributed by atoms with Gasteiger partial charge in [0.1, 0.15) is 60.3 Å². The van der Waals surface area contributed by atoms with Gasteiger partial charge in [-0.2, -0.15) is 5.06 Å². The maximum absolute atomic E-state index is 14.8.